The van der Waals surface area contributed by atoms with Crippen LogP contribution in [-0.4, -0.2) is 16.6 Å². The first-order valence-electron chi connectivity index (χ1n) is 6.50. The van der Waals surface area contributed by atoms with E-state index in [0.717, 1.165) is 16.8 Å². The van der Waals surface area contributed by atoms with E-state index < -0.39 is 0 Å². The SMILES string of the molecule is Cc1ccc2c(c1)NC(=O)CC(c1ccnc(C#N)c1)=N2. The molecule has 102 valence electrons. The monoisotopic (exact) mass is 276 g/mol. The molecule has 0 aliphatic carbocycles. The third kappa shape index (κ3) is 2.65. The number of pyridine rings is 1. The van der Waals surface area contributed by atoms with Gasteiger partial charge in [-0.1, -0.05) is 6.07 Å². The lowest BCUT2D eigenvalue weighted by Crippen LogP contribution is -2.15. The van der Waals surface area contributed by atoms with E-state index in [9.17, 15) is 4.79 Å². The van der Waals surface area contributed by atoms with Gasteiger partial charge in [-0.25, -0.2) is 4.98 Å². The summed E-state index contributed by atoms with van der Waals surface area (Å²) in [5.41, 5.74) is 4.17. The number of fused-ring (bicyclic) bond motifs is 1. The highest BCUT2D eigenvalue weighted by atomic mass is 16.1. The number of rotatable bonds is 1. The van der Waals surface area contributed by atoms with Crippen LogP contribution in [0.5, 0.6) is 0 Å². The van der Waals surface area contributed by atoms with Gasteiger partial charge in [-0.2, -0.15) is 5.26 Å². The number of nitriles is 1. The summed E-state index contributed by atoms with van der Waals surface area (Å²) >= 11 is 0. The Balaban J connectivity index is 2.11. The van der Waals surface area contributed by atoms with Gasteiger partial charge in [0.05, 0.1) is 23.5 Å². The number of amides is 1. The Morgan fingerprint density at radius 1 is 1.29 bits per heavy atom. The van der Waals surface area contributed by atoms with Crippen LogP contribution in [0.2, 0.25) is 0 Å². The van der Waals surface area contributed by atoms with Crippen molar-refractivity contribution in [2.24, 2.45) is 4.99 Å². The van der Waals surface area contributed by atoms with Crippen molar-refractivity contribution in [3.8, 4) is 6.07 Å². The number of hydrogen-bond donors (Lipinski definition) is 1. The molecule has 0 radical (unpaired) electrons. The van der Waals surface area contributed by atoms with Crippen molar-refractivity contribution in [1.29, 1.82) is 5.26 Å². The van der Waals surface area contributed by atoms with Gasteiger partial charge in [0.1, 0.15) is 11.8 Å². The quantitative estimate of drug-likeness (QED) is 0.869. The molecule has 0 fully saturated rings. The molecular weight excluding hydrogens is 264 g/mol. The van der Waals surface area contributed by atoms with Gasteiger partial charge in [-0.3, -0.25) is 9.79 Å². The fraction of sp³-hybridized carbons (Fsp3) is 0.125. The molecule has 3 rings (SSSR count). The van der Waals surface area contributed by atoms with Crippen LogP contribution in [0.25, 0.3) is 0 Å². The maximum absolute atomic E-state index is 12.0. The number of aromatic nitrogens is 1. The van der Waals surface area contributed by atoms with Crippen molar-refractivity contribution in [2.45, 2.75) is 13.3 Å². The van der Waals surface area contributed by atoms with E-state index in [1.54, 1.807) is 18.3 Å². The summed E-state index contributed by atoms with van der Waals surface area (Å²) in [7, 11) is 0. The molecule has 1 amide bonds. The predicted molar refractivity (Wildman–Crippen MR) is 79.6 cm³/mol. The van der Waals surface area contributed by atoms with Crippen molar-refractivity contribution >= 4 is 23.0 Å². The van der Waals surface area contributed by atoms with Crippen molar-refractivity contribution in [3.05, 3.63) is 53.3 Å². The number of benzene rings is 1. The average Bonchev–Trinajstić information content (AvgIpc) is 2.65. The minimum Gasteiger partial charge on any atom is -0.324 e. The van der Waals surface area contributed by atoms with Gasteiger partial charge in [0, 0.05) is 11.8 Å². The van der Waals surface area contributed by atoms with Crippen molar-refractivity contribution < 1.29 is 4.79 Å². The van der Waals surface area contributed by atoms with Crippen LogP contribution < -0.4 is 5.32 Å². The van der Waals surface area contributed by atoms with Gasteiger partial charge in [0.15, 0.2) is 0 Å². The van der Waals surface area contributed by atoms with E-state index in [2.05, 4.69) is 15.3 Å². The lowest BCUT2D eigenvalue weighted by Gasteiger charge is -2.04. The number of hydrogen-bond acceptors (Lipinski definition) is 4. The molecule has 1 aromatic carbocycles. The molecule has 1 aromatic heterocycles. The molecule has 1 aliphatic rings. The van der Waals surface area contributed by atoms with Crippen molar-refractivity contribution in [3.63, 3.8) is 0 Å². The third-order valence-corrected chi connectivity index (χ3v) is 3.22. The summed E-state index contributed by atoms with van der Waals surface area (Å²) in [6.07, 6.45) is 1.72. The fourth-order valence-corrected chi connectivity index (χ4v) is 2.22. The minimum atomic E-state index is -0.117. The van der Waals surface area contributed by atoms with E-state index in [-0.39, 0.29) is 12.3 Å². The predicted octanol–water partition coefficient (Wildman–Crippen LogP) is 2.72. The first-order chi connectivity index (χ1) is 10.2. The number of aryl methyl sites for hydroxylation is 1. The molecule has 1 aliphatic heterocycles. The number of nitrogens with zero attached hydrogens (tertiary/aromatic N) is 3. The summed E-state index contributed by atoms with van der Waals surface area (Å²) < 4.78 is 0. The van der Waals surface area contributed by atoms with Crippen LogP contribution in [0, 0.1) is 18.3 Å². The molecule has 0 bridgehead atoms. The van der Waals surface area contributed by atoms with Crippen LogP contribution in [0.4, 0.5) is 11.4 Å². The van der Waals surface area contributed by atoms with Gasteiger partial charge in [0.2, 0.25) is 5.91 Å². The third-order valence-electron chi connectivity index (χ3n) is 3.22. The standard InChI is InChI=1S/C16H12N4O/c1-10-2-3-13-15(6-10)20-16(21)8-14(19-13)11-4-5-18-12(7-11)9-17/h2-7H,8H2,1H3,(H,20,21). The van der Waals surface area contributed by atoms with Crippen LogP contribution >= 0.6 is 0 Å². The second kappa shape index (κ2) is 5.17. The minimum absolute atomic E-state index is 0.117. The Hall–Kier alpha value is -3.00. The van der Waals surface area contributed by atoms with Crippen molar-refractivity contribution in [2.75, 3.05) is 5.32 Å². The van der Waals surface area contributed by atoms with E-state index in [1.165, 1.54) is 0 Å². The number of anilines is 1. The van der Waals surface area contributed by atoms with E-state index >= 15 is 0 Å². The second-order valence-corrected chi connectivity index (χ2v) is 4.85. The molecule has 0 spiro atoms. The first-order valence-corrected chi connectivity index (χ1v) is 6.50. The van der Waals surface area contributed by atoms with Crippen LogP contribution in [0.15, 0.2) is 41.5 Å². The molecule has 5 heteroatoms. The van der Waals surface area contributed by atoms with Crippen LogP contribution in [-0.2, 0) is 4.79 Å². The van der Waals surface area contributed by atoms with Gasteiger partial charge in [-0.15, -0.1) is 0 Å². The zero-order valence-electron chi connectivity index (χ0n) is 11.4. The molecular formula is C16H12N4O. The summed E-state index contributed by atoms with van der Waals surface area (Å²) in [4.78, 5) is 20.5. The summed E-state index contributed by atoms with van der Waals surface area (Å²) in [6, 6.07) is 11.1. The van der Waals surface area contributed by atoms with Gasteiger partial charge in [0.25, 0.3) is 0 Å². The van der Waals surface area contributed by atoms with Crippen molar-refractivity contribution in [1.82, 2.24) is 4.98 Å². The van der Waals surface area contributed by atoms with E-state index in [4.69, 9.17) is 5.26 Å². The normalized spacial score (nSPS) is 13.5. The number of carbonyl (C=O) groups excluding carboxylic acids is 1. The summed E-state index contributed by atoms with van der Waals surface area (Å²) in [6.45, 7) is 1.96. The molecule has 2 aromatic rings. The molecule has 0 saturated carbocycles. The molecule has 21 heavy (non-hydrogen) atoms. The van der Waals surface area contributed by atoms with Crippen LogP contribution in [0.3, 0.4) is 0 Å². The maximum Gasteiger partial charge on any atom is 0.230 e. The molecule has 1 N–H and O–H groups in total. The molecule has 5 nitrogen and oxygen atoms in total. The second-order valence-electron chi connectivity index (χ2n) is 4.85. The number of nitrogens with one attached hydrogen (secondary N) is 1. The highest BCUT2D eigenvalue weighted by Crippen LogP contribution is 2.29. The maximum atomic E-state index is 12.0. The Bertz CT molecular complexity index is 802. The summed E-state index contributed by atoms with van der Waals surface area (Å²) in [5, 5.41) is 11.8. The van der Waals surface area contributed by atoms with Gasteiger partial charge >= 0.3 is 0 Å². The Kier molecular flexibility index (Phi) is 3.20. The van der Waals surface area contributed by atoms with Gasteiger partial charge < -0.3 is 5.32 Å². The topological polar surface area (TPSA) is 78.1 Å². The first kappa shape index (κ1) is 13.0. The van der Waals surface area contributed by atoms with Gasteiger partial charge in [-0.05, 0) is 36.8 Å². The molecule has 2 heterocycles. The average molecular weight is 276 g/mol. The van der Waals surface area contributed by atoms with E-state index in [0.29, 0.717) is 17.1 Å². The highest BCUT2D eigenvalue weighted by Gasteiger charge is 2.17. The smallest absolute Gasteiger partial charge is 0.230 e. The molecule has 0 atom stereocenters. The largest absolute Gasteiger partial charge is 0.324 e. The lowest BCUT2D eigenvalue weighted by molar-refractivity contribution is -0.115. The Morgan fingerprint density at radius 2 is 2.14 bits per heavy atom. The zero-order valence-corrected chi connectivity index (χ0v) is 11.4. The highest BCUT2D eigenvalue weighted by molar-refractivity contribution is 6.16. The Labute approximate surface area is 122 Å². The summed E-state index contributed by atoms with van der Waals surface area (Å²) in [5.74, 6) is -0.117. The fourth-order valence-electron chi connectivity index (χ4n) is 2.22. The molecule has 0 unspecified atom stereocenters. The lowest BCUT2D eigenvalue weighted by atomic mass is 10.1. The zero-order chi connectivity index (χ0) is 14.8. The number of carbonyl (C=O) groups is 1. The van der Waals surface area contributed by atoms with E-state index in [1.807, 2.05) is 31.2 Å². The molecule has 0 saturated heterocycles. The Morgan fingerprint density at radius 3 is 2.95 bits per heavy atom. The van der Waals surface area contributed by atoms with Crippen LogP contribution in [0.1, 0.15) is 23.2 Å². The number of aliphatic imine (C=N–C) groups is 1.